The number of fused-ring (bicyclic) bond motifs is 1. The van der Waals surface area contributed by atoms with Gasteiger partial charge in [-0.05, 0) is 0 Å². The maximum absolute atomic E-state index is 11.0. The van der Waals surface area contributed by atoms with E-state index in [0.29, 0.717) is 0 Å². The van der Waals surface area contributed by atoms with E-state index in [4.69, 9.17) is 0 Å². The van der Waals surface area contributed by atoms with E-state index in [1.165, 1.54) is 6.34 Å². The van der Waals surface area contributed by atoms with E-state index in [1.54, 1.807) is 0 Å². The third-order valence-corrected chi connectivity index (χ3v) is 1.31. The summed E-state index contributed by atoms with van der Waals surface area (Å²) in [6.45, 7) is 0. The first-order valence-corrected chi connectivity index (χ1v) is 3.09. The Morgan fingerprint density at radius 2 is 2.00 bits per heavy atom. The Labute approximate surface area is 66.5 Å². The normalized spacial score (nSPS) is 20.3. The summed E-state index contributed by atoms with van der Waals surface area (Å²) in [4.78, 5) is 35.7. The summed E-state index contributed by atoms with van der Waals surface area (Å²) < 4.78 is 0. The predicted molar refractivity (Wildman–Crippen MR) is 42.3 cm³/mol. The molecule has 12 heavy (non-hydrogen) atoms. The number of carbonyl (C=O) groups is 2. The molecule has 0 unspecified atom stereocenters. The molecular formula is C6H2N4O2. The molecule has 0 radical (unpaired) electrons. The number of hydrogen-bond donors (Lipinski definition) is 0. The second kappa shape index (κ2) is 2.26. The lowest BCUT2D eigenvalue weighted by Crippen LogP contribution is -2.19. The molecule has 0 aromatic rings. The molecule has 0 bridgehead atoms. The van der Waals surface area contributed by atoms with Crippen LogP contribution in [0.25, 0.3) is 0 Å². The lowest BCUT2D eigenvalue weighted by Gasteiger charge is -1.88. The van der Waals surface area contributed by atoms with E-state index in [-0.39, 0.29) is 11.5 Å². The molecule has 0 fully saturated rings. The van der Waals surface area contributed by atoms with Gasteiger partial charge < -0.3 is 0 Å². The minimum absolute atomic E-state index is 0.0440. The monoisotopic (exact) mass is 162 g/mol. The van der Waals surface area contributed by atoms with Crippen molar-refractivity contribution in [2.24, 2.45) is 20.0 Å². The van der Waals surface area contributed by atoms with Crippen LogP contribution in [-0.2, 0) is 4.79 Å². The first-order valence-electron chi connectivity index (χ1n) is 3.09. The van der Waals surface area contributed by atoms with Gasteiger partial charge in [0.15, 0.2) is 11.5 Å². The first-order chi connectivity index (χ1) is 5.77. The predicted octanol–water partition coefficient (Wildman–Crippen LogP) is -0.359. The van der Waals surface area contributed by atoms with E-state index >= 15 is 0 Å². The maximum Gasteiger partial charge on any atom is 0.369 e. The maximum atomic E-state index is 11.0. The van der Waals surface area contributed by atoms with Crippen molar-refractivity contribution in [1.29, 1.82) is 0 Å². The summed E-state index contributed by atoms with van der Waals surface area (Å²) in [6.07, 6.45) is 2.07. The highest BCUT2D eigenvalue weighted by molar-refractivity contribution is 6.80. The van der Waals surface area contributed by atoms with Crippen molar-refractivity contribution in [2.75, 3.05) is 0 Å². The lowest BCUT2D eigenvalue weighted by atomic mass is 10.2. The van der Waals surface area contributed by atoms with Gasteiger partial charge in [0.05, 0.1) is 6.21 Å². The second-order valence-corrected chi connectivity index (χ2v) is 2.06. The minimum Gasteiger partial charge on any atom is -0.286 e. The molecule has 2 amide bonds. The van der Waals surface area contributed by atoms with Crippen molar-refractivity contribution < 1.29 is 9.59 Å². The van der Waals surface area contributed by atoms with Crippen LogP contribution in [0.1, 0.15) is 0 Å². The largest absolute Gasteiger partial charge is 0.369 e. The number of amides is 2. The smallest absolute Gasteiger partial charge is 0.286 e. The molecule has 6 nitrogen and oxygen atoms in total. The van der Waals surface area contributed by atoms with E-state index in [2.05, 4.69) is 20.0 Å². The summed E-state index contributed by atoms with van der Waals surface area (Å²) in [6, 6.07) is -0.734. The molecule has 0 aromatic heterocycles. The number of urea groups is 1. The molecule has 0 aliphatic carbocycles. The Morgan fingerprint density at radius 1 is 1.17 bits per heavy atom. The van der Waals surface area contributed by atoms with Crippen LogP contribution in [0.2, 0.25) is 0 Å². The molecular weight excluding hydrogens is 160 g/mol. The van der Waals surface area contributed by atoms with Crippen LogP contribution < -0.4 is 0 Å². The number of Topliss-reactive ketones (excluding diaryl/α,β-unsaturated/α-hetero) is 1. The SMILES string of the molecule is O=C1N=CC(=O)C2=NC=NC2=N1. The van der Waals surface area contributed by atoms with Crippen LogP contribution in [0.3, 0.4) is 0 Å². The van der Waals surface area contributed by atoms with E-state index in [9.17, 15) is 9.59 Å². The average Bonchev–Trinajstić information content (AvgIpc) is 2.44. The molecule has 2 aliphatic rings. The van der Waals surface area contributed by atoms with Gasteiger partial charge in [-0.1, -0.05) is 0 Å². The van der Waals surface area contributed by atoms with Gasteiger partial charge in [-0.2, -0.15) is 9.98 Å². The number of aliphatic imine (C=N–C) groups is 4. The van der Waals surface area contributed by atoms with Crippen LogP contribution in [0.4, 0.5) is 4.79 Å². The van der Waals surface area contributed by atoms with Crippen LogP contribution in [-0.4, -0.2) is 35.9 Å². The molecule has 6 heteroatoms. The molecule has 2 rings (SSSR count). The zero-order valence-corrected chi connectivity index (χ0v) is 5.76. The molecule has 58 valence electrons. The summed E-state index contributed by atoms with van der Waals surface area (Å²) in [7, 11) is 0. The van der Waals surface area contributed by atoms with Crippen LogP contribution in [0.15, 0.2) is 20.0 Å². The molecule has 0 aromatic carbocycles. The number of hydrogen-bond acceptors (Lipinski definition) is 4. The van der Waals surface area contributed by atoms with Gasteiger partial charge in [0.1, 0.15) is 6.34 Å². The van der Waals surface area contributed by atoms with E-state index < -0.39 is 11.8 Å². The van der Waals surface area contributed by atoms with Crippen molar-refractivity contribution in [3.8, 4) is 0 Å². The first kappa shape index (κ1) is 6.71. The molecule has 2 heterocycles. The van der Waals surface area contributed by atoms with Crippen molar-refractivity contribution in [2.45, 2.75) is 0 Å². The molecule has 2 aliphatic heterocycles. The number of rotatable bonds is 0. The Hall–Kier alpha value is -1.98. The van der Waals surface area contributed by atoms with E-state index in [0.717, 1.165) is 6.21 Å². The molecule has 0 atom stereocenters. The standard InChI is InChI=1S/C6H2N4O2/c11-3-1-7-6(12)10-5-4(3)8-2-9-5/h1-2H. The van der Waals surface area contributed by atoms with Crippen LogP contribution in [0.5, 0.6) is 0 Å². The molecule has 0 saturated heterocycles. The lowest BCUT2D eigenvalue weighted by molar-refractivity contribution is -0.106. The zero-order chi connectivity index (χ0) is 8.55. The molecule has 0 saturated carbocycles. The van der Waals surface area contributed by atoms with Crippen LogP contribution in [0, 0.1) is 0 Å². The molecule has 0 spiro atoms. The fraction of sp³-hybridized carbons (Fsp3) is 0. The third kappa shape index (κ3) is 0.895. The highest BCUT2D eigenvalue weighted by atomic mass is 16.2. The van der Waals surface area contributed by atoms with Crippen molar-refractivity contribution in [3.05, 3.63) is 0 Å². The summed E-state index contributed by atoms with van der Waals surface area (Å²) in [5.41, 5.74) is 0.0737. The van der Waals surface area contributed by atoms with Gasteiger partial charge in [-0.25, -0.2) is 14.8 Å². The highest BCUT2D eigenvalue weighted by Crippen LogP contribution is 2.00. The van der Waals surface area contributed by atoms with E-state index in [1.807, 2.05) is 0 Å². The zero-order valence-electron chi connectivity index (χ0n) is 5.76. The Morgan fingerprint density at radius 3 is 2.83 bits per heavy atom. The minimum atomic E-state index is -0.734. The number of ketones is 1. The number of nitrogens with zero attached hydrogens (tertiary/aromatic N) is 4. The van der Waals surface area contributed by atoms with Crippen molar-refractivity contribution in [3.63, 3.8) is 0 Å². The summed E-state index contributed by atoms with van der Waals surface area (Å²) in [5.74, 6) is -0.403. The van der Waals surface area contributed by atoms with Gasteiger partial charge >= 0.3 is 6.03 Å². The average molecular weight is 162 g/mol. The van der Waals surface area contributed by atoms with Gasteiger partial charge in [0.2, 0.25) is 5.78 Å². The van der Waals surface area contributed by atoms with Gasteiger partial charge in [-0.15, -0.1) is 0 Å². The highest BCUT2D eigenvalue weighted by Gasteiger charge is 2.22. The fourth-order valence-electron chi connectivity index (χ4n) is 0.810. The van der Waals surface area contributed by atoms with Gasteiger partial charge in [0, 0.05) is 0 Å². The Balaban J connectivity index is 2.55. The number of amidine groups is 1. The van der Waals surface area contributed by atoms with Gasteiger partial charge in [-0.3, -0.25) is 4.79 Å². The van der Waals surface area contributed by atoms with Crippen molar-refractivity contribution >= 4 is 35.9 Å². The fourth-order valence-corrected chi connectivity index (χ4v) is 0.810. The quantitative estimate of drug-likeness (QED) is 0.487. The Kier molecular flexibility index (Phi) is 1.26. The summed E-state index contributed by atoms with van der Waals surface area (Å²) in [5, 5.41) is 0. The third-order valence-electron chi connectivity index (χ3n) is 1.31. The van der Waals surface area contributed by atoms with Crippen molar-refractivity contribution in [1.82, 2.24) is 0 Å². The number of carbonyl (C=O) groups excluding carboxylic acids is 2. The van der Waals surface area contributed by atoms with Gasteiger partial charge in [0.25, 0.3) is 0 Å². The molecule has 0 N–H and O–H groups in total. The second-order valence-electron chi connectivity index (χ2n) is 2.06. The summed E-state index contributed by atoms with van der Waals surface area (Å²) >= 11 is 0. The Bertz CT molecular complexity index is 388. The van der Waals surface area contributed by atoms with Crippen LogP contribution >= 0.6 is 0 Å². The topological polar surface area (TPSA) is 83.6 Å².